The Bertz CT molecular complexity index is 308. The van der Waals surface area contributed by atoms with Crippen LogP contribution >= 0.6 is 35.0 Å². The topological polar surface area (TPSA) is 47.8 Å². The van der Waals surface area contributed by atoms with Crippen molar-refractivity contribution in [1.29, 1.82) is 0 Å². The zero-order valence-electron chi connectivity index (χ0n) is 4.38. The Morgan fingerprint density at radius 3 is 2.40 bits per heavy atom. The normalized spacial score (nSPS) is 9.90. The van der Waals surface area contributed by atoms with E-state index in [1.165, 1.54) is 0 Å². The van der Waals surface area contributed by atoms with Gasteiger partial charge in [-0.15, -0.1) is 0 Å². The van der Waals surface area contributed by atoms with Crippen LogP contribution in [0, 0.1) is 0 Å². The van der Waals surface area contributed by atoms with Crippen LogP contribution in [0.5, 0.6) is 0 Å². The van der Waals surface area contributed by atoms with Crippen molar-refractivity contribution in [2.24, 2.45) is 0 Å². The van der Waals surface area contributed by atoms with Crippen molar-refractivity contribution in [1.82, 2.24) is 14.1 Å². The minimum Gasteiger partial charge on any atom is -0.244 e. The van der Waals surface area contributed by atoms with Crippen LogP contribution in [0.4, 0.5) is 0 Å². The summed E-state index contributed by atoms with van der Waals surface area (Å²) in [6, 6.07) is 0. The Morgan fingerprint density at radius 2 is 1.90 bits per heavy atom. The zero-order chi connectivity index (χ0) is 7.72. The van der Waals surface area contributed by atoms with Crippen molar-refractivity contribution in [3.8, 4) is 0 Å². The van der Waals surface area contributed by atoms with Crippen LogP contribution in [0.3, 0.4) is 0 Å². The summed E-state index contributed by atoms with van der Waals surface area (Å²) in [6.07, 6.45) is 0. The quantitative estimate of drug-likeness (QED) is 0.626. The van der Waals surface area contributed by atoms with Crippen LogP contribution in [0.1, 0.15) is 0 Å². The van der Waals surface area contributed by atoms with Gasteiger partial charge in [-0.25, -0.2) is 4.79 Å². The molecule has 0 N–H and O–H groups in total. The molecule has 0 amide bonds. The van der Waals surface area contributed by atoms with Crippen molar-refractivity contribution in [3.63, 3.8) is 0 Å². The Balaban J connectivity index is 3.46. The smallest absolute Gasteiger partial charge is 0.244 e. The number of hydrogen-bond acceptors (Lipinski definition) is 3. The molecular weight excluding hydrogens is 200 g/mol. The third kappa shape index (κ3) is 1.39. The lowest BCUT2D eigenvalue weighted by molar-refractivity contribution is 0.933. The van der Waals surface area contributed by atoms with Crippen LogP contribution in [-0.4, -0.2) is 14.1 Å². The molecule has 1 aromatic heterocycles. The Morgan fingerprint density at radius 1 is 1.30 bits per heavy atom. The second-order valence-electron chi connectivity index (χ2n) is 1.33. The Hall–Kier alpha value is -0.320. The van der Waals surface area contributed by atoms with Gasteiger partial charge in [-0.3, -0.25) is 0 Å². The van der Waals surface area contributed by atoms with E-state index >= 15 is 0 Å². The fourth-order valence-corrected chi connectivity index (χ4v) is 0.770. The molecule has 0 fully saturated rings. The molecule has 0 bridgehead atoms. The van der Waals surface area contributed by atoms with Crippen molar-refractivity contribution < 1.29 is 0 Å². The van der Waals surface area contributed by atoms with Gasteiger partial charge in [0.15, 0.2) is 0 Å². The fourth-order valence-electron chi connectivity index (χ4n) is 0.347. The first-order valence-electron chi connectivity index (χ1n) is 2.09. The van der Waals surface area contributed by atoms with E-state index in [4.69, 9.17) is 35.0 Å². The first-order valence-corrected chi connectivity index (χ1v) is 3.19. The van der Waals surface area contributed by atoms with Gasteiger partial charge in [0.25, 0.3) is 0 Å². The number of halogens is 3. The van der Waals surface area contributed by atoms with E-state index in [-0.39, 0.29) is 10.6 Å². The minimum atomic E-state index is -0.744. The SMILES string of the molecule is O=c1nc(Cl)nc(Cl)n1Cl. The highest BCUT2D eigenvalue weighted by Gasteiger charge is 2.02. The molecule has 0 spiro atoms. The van der Waals surface area contributed by atoms with Crippen molar-refractivity contribution in [3.05, 3.63) is 21.1 Å². The molecule has 0 aliphatic rings. The standard InChI is InChI=1S/C3Cl3N3O/c4-1-7-2(5)9(6)3(10)8-1. The van der Waals surface area contributed by atoms with E-state index in [9.17, 15) is 4.79 Å². The highest BCUT2D eigenvalue weighted by molar-refractivity contribution is 6.33. The molecule has 0 saturated carbocycles. The summed E-state index contributed by atoms with van der Waals surface area (Å²) in [4.78, 5) is 17.1. The van der Waals surface area contributed by atoms with Gasteiger partial charge in [-0.2, -0.15) is 14.1 Å². The Kier molecular flexibility index (Phi) is 2.13. The van der Waals surface area contributed by atoms with Crippen LogP contribution in [0.2, 0.25) is 10.6 Å². The number of rotatable bonds is 0. The molecule has 0 aliphatic heterocycles. The van der Waals surface area contributed by atoms with E-state index in [0.717, 1.165) is 0 Å². The zero-order valence-corrected chi connectivity index (χ0v) is 6.65. The Labute approximate surface area is 70.5 Å². The first kappa shape index (κ1) is 7.78. The van der Waals surface area contributed by atoms with Gasteiger partial charge in [-0.1, -0.05) is 0 Å². The third-order valence-electron chi connectivity index (χ3n) is 0.702. The summed E-state index contributed by atoms with van der Waals surface area (Å²) >= 11 is 15.8. The number of nitrogens with zero attached hydrogens (tertiary/aromatic N) is 3. The van der Waals surface area contributed by atoms with Gasteiger partial charge in [-0.05, 0) is 23.2 Å². The van der Waals surface area contributed by atoms with E-state index < -0.39 is 5.69 Å². The molecule has 54 valence electrons. The second-order valence-corrected chi connectivity index (χ2v) is 2.34. The average molecular weight is 200 g/mol. The molecule has 7 heteroatoms. The first-order chi connectivity index (χ1) is 4.61. The number of aromatic nitrogens is 3. The summed E-state index contributed by atoms with van der Waals surface area (Å²) in [5.74, 6) is 0. The third-order valence-corrected chi connectivity index (χ3v) is 1.52. The van der Waals surface area contributed by atoms with E-state index in [1.807, 2.05) is 0 Å². The van der Waals surface area contributed by atoms with Crippen molar-refractivity contribution in [2.75, 3.05) is 0 Å². The summed E-state index contributed by atoms with van der Waals surface area (Å²) in [6.45, 7) is 0. The van der Waals surface area contributed by atoms with Gasteiger partial charge >= 0.3 is 5.69 Å². The molecule has 1 rings (SSSR count). The fraction of sp³-hybridized carbons (Fsp3) is 0. The molecule has 4 nitrogen and oxygen atoms in total. The largest absolute Gasteiger partial charge is 0.367 e. The maximum absolute atomic E-state index is 10.6. The van der Waals surface area contributed by atoms with Crippen molar-refractivity contribution in [2.45, 2.75) is 0 Å². The van der Waals surface area contributed by atoms with Gasteiger partial charge < -0.3 is 0 Å². The predicted octanol–water partition coefficient (Wildman–Crippen LogP) is 0.947. The monoisotopic (exact) mass is 199 g/mol. The van der Waals surface area contributed by atoms with Crippen LogP contribution in [0.25, 0.3) is 0 Å². The van der Waals surface area contributed by atoms with Crippen LogP contribution < -0.4 is 5.69 Å². The van der Waals surface area contributed by atoms with Gasteiger partial charge in [0.2, 0.25) is 10.6 Å². The molecule has 0 atom stereocenters. The van der Waals surface area contributed by atoms with E-state index in [0.29, 0.717) is 4.09 Å². The summed E-state index contributed by atoms with van der Waals surface area (Å²) < 4.78 is 0.563. The number of hydrogen-bond donors (Lipinski definition) is 0. The average Bonchev–Trinajstić information content (AvgIpc) is 1.82. The summed E-state index contributed by atoms with van der Waals surface area (Å²) in [5.41, 5.74) is -0.744. The minimum absolute atomic E-state index is 0.202. The van der Waals surface area contributed by atoms with Crippen LogP contribution in [0.15, 0.2) is 4.79 Å². The van der Waals surface area contributed by atoms with Gasteiger partial charge in [0.1, 0.15) is 0 Å². The maximum Gasteiger partial charge on any atom is 0.367 e. The van der Waals surface area contributed by atoms with E-state index in [1.54, 1.807) is 0 Å². The second kappa shape index (κ2) is 2.74. The molecule has 1 heterocycles. The van der Waals surface area contributed by atoms with Crippen molar-refractivity contribution >= 4 is 35.0 Å². The molecule has 0 saturated heterocycles. The van der Waals surface area contributed by atoms with Gasteiger partial charge in [0, 0.05) is 11.8 Å². The predicted molar refractivity (Wildman–Crippen MR) is 37.6 cm³/mol. The highest BCUT2D eigenvalue weighted by atomic mass is 35.5. The lowest BCUT2D eigenvalue weighted by Gasteiger charge is -1.93. The lowest BCUT2D eigenvalue weighted by Crippen LogP contribution is -2.18. The summed E-state index contributed by atoms with van der Waals surface area (Å²) in [5, 5.41) is -0.418. The molecule has 0 aliphatic carbocycles. The summed E-state index contributed by atoms with van der Waals surface area (Å²) in [7, 11) is 0. The highest BCUT2D eigenvalue weighted by Crippen LogP contribution is 2.04. The molecule has 10 heavy (non-hydrogen) atoms. The molecule has 0 radical (unpaired) electrons. The van der Waals surface area contributed by atoms with E-state index in [2.05, 4.69) is 9.97 Å². The lowest BCUT2D eigenvalue weighted by atomic mass is 11.0. The maximum atomic E-state index is 10.6. The molecule has 1 aromatic rings. The molecule has 0 unspecified atom stereocenters. The van der Waals surface area contributed by atoms with Gasteiger partial charge in [0.05, 0.1) is 0 Å². The molecule has 0 aromatic carbocycles. The molecular formula is C3Cl3N3O. The van der Waals surface area contributed by atoms with Crippen LogP contribution in [-0.2, 0) is 0 Å².